The average molecular weight is 327 g/mol. The molecule has 0 unspecified atom stereocenters. The third-order valence-electron chi connectivity index (χ3n) is 3.97. The lowest BCUT2D eigenvalue weighted by atomic mass is 9.93. The molecular formula is C23H34O. The van der Waals surface area contributed by atoms with Crippen molar-refractivity contribution < 1.29 is 4.74 Å². The quantitative estimate of drug-likeness (QED) is 0.577. The van der Waals surface area contributed by atoms with E-state index in [4.69, 9.17) is 4.74 Å². The normalized spacial score (nSPS) is 10.9. The highest BCUT2D eigenvalue weighted by molar-refractivity contribution is 5.75. The van der Waals surface area contributed by atoms with E-state index in [2.05, 4.69) is 50.2 Å². The lowest BCUT2D eigenvalue weighted by Crippen LogP contribution is -2.06. The number of aryl methyl sites for hydroxylation is 2. The van der Waals surface area contributed by atoms with Crippen LogP contribution in [0.2, 0.25) is 0 Å². The van der Waals surface area contributed by atoms with Gasteiger partial charge in [0.1, 0.15) is 12.4 Å². The standard InChI is InChI=1S/C19H22O.2C2H6/c1-3-5-14-7-9-17-16(11-14)13-20-19-12-15(6-4-2)8-10-18(17)19;2*1-2/h7-12H,3-6,13H2,1-2H3;2*1-2H3. The van der Waals surface area contributed by atoms with Gasteiger partial charge in [-0.1, -0.05) is 84.7 Å². The van der Waals surface area contributed by atoms with Gasteiger partial charge in [0.15, 0.2) is 0 Å². The van der Waals surface area contributed by atoms with Crippen LogP contribution in [0.1, 0.15) is 71.1 Å². The number of fused-ring (bicyclic) bond motifs is 3. The molecule has 1 nitrogen and oxygen atoms in total. The number of ether oxygens (including phenoxy) is 1. The number of benzene rings is 2. The Labute approximate surface area is 149 Å². The molecule has 1 aliphatic rings. The summed E-state index contributed by atoms with van der Waals surface area (Å²) < 4.78 is 5.97. The topological polar surface area (TPSA) is 9.23 Å². The Morgan fingerprint density at radius 3 is 1.88 bits per heavy atom. The summed E-state index contributed by atoms with van der Waals surface area (Å²) in [6.45, 7) is 13.1. The SMILES string of the molecule is CC.CC.CCCc1ccc2c(c1)COc1cc(CCC)ccc1-2. The Morgan fingerprint density at radius 1 is 0.750 bits per heavy atom. The zero-order valence-electron chi connectivity index (χ0n) is 16.4. The molecule has 0 aliphatic carbocycles. The van der Waals surface area contributed by atoms with Gasteiger partial charge in [0, 0.05) is 5.56 Å². The van der Waals surface area contributed by atoms with E-state index in [-0.39, 0.29) is 0 Å². The first-order valence-electron chi connectivity index (χ1n) is 9.69. The zero-order chi connectivity index (χ0) is 17.9. The van der Waals surface area contributed by atoms with Gasteiger partial charge in [-0.3, -0.25) is 0 Å². The molecule has 0 aromatic heterocycles. The van der Waals surface area contributed by atoms with E-state index in [1.165, 1.54) is 40.7 Å². The molecule has 0 spiro atoms. The summed E-state index contributed by atoms with van der Waals surface area (Å²) in [6.07, 6.45) is 4.64. The summed E-state index contributed by atoms with van der Waals surface area (Å²) in [5, 5.41) is 0. The summed E-state index contributed by atoms with van der Waals surface area (Å²) >= 11 is 0. The third-order valence-corrected chi connectivity index (χ3v) is 3.97. The van der Waals surface area contributed by atoms with Crippen molar-refractivity contribution in [3.8, 4) is 16.9 Å². The summed E-state index contributed by atoms with van der Waals surface area (Å²) in [4.78, 5) is 0. The largest absolute Gasteiger partial charge is 0.488 e. The molecule has 0 saturated carbocycles. The highest BCUT2D eigenvalue weighted by Crippen LogP contribution is 2.38. The van der Waals surface area contributed by atoms with Gasteiger partial charge in [-0.2, -0.15) is 0 Å². The molecule has 1 heteroatoms. The van der Waals surface area contributed by atoms with Crippen molar-refractivity contribution in [2.24, 2.45) is 0 Å². The highest BCUT2D eigenvalue weighted by atomic mass is 16.5. The fourth-order valence-corrected chi connectivity index (χ4v) is 2.98. The van der Waals surface area contributed by atoms with Gasteiger partial charge >= 0.3 is 0 Å². The maximum absolute atomic E-state index is 5.97. The van der Waals surface area contributed by atoms with Crippen LogP contribution >= 0.6 is 0 Å². The minimum atomic E-state index is 0.704. The van der Waals surface area contributed by atoms with E-state index >= 15 is 0 Å². The van der Waals surface area contributed by atoms with Crippen molar-refractivity contribution in [1.29, 1.82) is 0 Å². The van der Waals surface area contributed by atoms with Gasteiger partial charge in [0.2, 0.25) is 0 Å². The molecule has 2 aromatic carbocycles. The van der Waals surface area contributed by atoms with Crippen LogP contribution in [-0.4, -0.2) is 0 Å². The van der Waals surface area contributed by atoms with E-state index in [1.54, 1.807) is 0 Å². The summed E-state index contributed by atoms with van der Waals surface area (Å²) in [5.74, 6) is 1.05. The maximum Gasteiger partial charge on any atom is 0.127 e. The first-order valence-corrected chi connectivity index (χ1v) is 9.69. The van der Waals surface area contributed by atoms with Crippen molar-refractivity contribution in [2.45, 2.75) is 73.8 Å². The van der Waals surface area contributed by atoms with Gasteiger partial charge in [0.25, 0.3) is 0 Å². The lowest BCUT2D eigenvalue weighted by Gasteiger charge is -2.22. The second kappa shape index (κ2) is 10.9. The maximum atomic E-state index is 5.97. The Bertz CT molecular complexity index is 558. The monoisotopic (exact) mass is 326 g/mol. The van der Waals surface area contributed by atoms with Crippen LogP contribution in [0.15, 0.2) is 36.4 Å². The highest BCUT2D eigenvalue weighted by Gasteiger charge is 2.17. The van der Waals surface area contributed by atoms with E-state index in [1.807, 2.05) is 27.7 Å². The van der Waals surface area contributed by atoms with Gasteiger partial charge in [-0.25, -0.2) is 0 Å². The molecule has 0 saturated heterocycles. The number of rotatable bonds is 4. The molecule has 0 bridgehead atoms. The average Bonchev–Trinajstić information content (AvgIpc) is 2.65. The van der Waals surface area contributed by atoms with E-state index in [0.29, 0.717) is 6.61 Å². The molecule has 0 atom stereocenters. The van der Waals surface area contributed by atoms with Gasteiger partial charge < -0.3 is 4.74 Å². The Morgan fingerprint density at radius 2 is 1.29 bits per heavy atom. The minimum absolute atomic E-state index is 0.704. The van der Waals surface area contributed by atoms with Crippen molar-refractivity contribution in [3.05, 3.63) is 53.1 Å². The summed E-state index contributed by atoms with van der Waals surface area (Å²) in [6, 6.07) is 13.5. The molecule has 3 rings (SSSR count). The lowest BCUT2D eigenvalue weighted by molar-refractivity contribution is 0.302. The van der Waals surface area contributed by atoms with Crippen LogP contribution in [0.25, 0.3) is 11.1 Å². The zero-order valence-corrected chi connectivity index (χ0v) is 16.4. The van der Waals surface area contributed by atoms with Crippen LogP contribution in [0.5, 0.6) is 5.75 Å². The van der Waals surface area contributed by atoms with E-state index in [9.17, 15) is 0 Å². The van der Waals surface area contributed by atoms with Crippen molar-refractivity contribution >= 4 is 0 Å². The fourth-order valence-electron chi connectivity index (χ4n) is 2.98. The predicted octanol–water partition coefficient (Wildman–Crippen LogP) is 7.20. The molecule has 2 aromatic rings. The molecule has 0 fully saturated rings. The second-order valence-electron chi connectivity index (χ2n) is 5.61. The van der Waals surface area contributed by atoms with E-state index in [0.717, 1.165) is 18.6 Å². The number of hydrogen-bond donors (Lipinski definition) is 0. The van der Waals surface area contributed by atoms with Crippen molar-refractivity contribution in [1.82, 2.24) is 0 Å². The smallest absolute Gasteiger partial charge is 0.127 e. The number of hydrogen-bond acceptors (Lipinski definition) is 1. The molecule has 24 heavy (non-hydrogen) atoms. The van der Waals surface area contributed by atoms with Crippen molar-refractivity contribution in [3.63, 3.8) is 0 Å². The predicted molar refractivity (Wildman–Crippen MR) is 107 cm³/mol. The molecule has 1 heterocycles. The van der Waals surface area contributed by atoms with E-state index < -0.39 is 0 Å². The first-order chi connectivity index (χ1) is 11.8. The minimum Gasteiger partial charge on any atom is -0.488 e. The van der Waals surface area contributed by atoms with Crippen LogP contribution in [0, 0.1) is 0 Å². The van der Waals surface area contributed by atoms with Gasteiger partial charge in [-0.15, -0.1) is 0 Å². The van der Waals surface area contributed by atoms with Gasteiger partial charge in [-0.05, 0) is 41.2 Å². The second-order valence-corrected chi connectivity index (χ2v) is 5.61. The van der Waals surface area contributed by atoms with Gasteiger partial charge in [0.05, 0.1) is 0 Å². The van der Waals surface area contributed by atoms with Crippen LogP contribution in [0.4, 0.5) is 0 Å². The molecule has 1 aliphatic heterocycles. The van der Waals surface area contributed by atoms with Crippen LogP contribution < -0.4 is 4.74 Å². The molecule has 132 valence electrons. The Balaban J connectivity index is 0.000000671. The molecule has 0 amide bonds. The summed E-state index contributed by atoms with van der Waals surface area (Å²) in [7, 11) is 0. The molecular weight excluding hydrogens is 292 g/mol. The fraction of sp³-hybridized carbons (Fsp3) is 0.478. The first kappa shape index (κ1) is 20.3. The summed E-state index contributed by atoms with van der Waals surface area (Å²) in [5.41, 5.74) is 6.70. The Kier molecular flexibility index (Phi) is 9.22. The third kappa shape index (κ3) is 4.87. The van der Waals surface area contributed by atoms with Crippen LogP contribution in [-0.2, 0) is 19.4 Å². The molecule has 0 N–H and O–H groups in total. The van der Waals surface area contributed by atoms with Crippen LogP contribution in [0.3, 0.4) is 0 Å². The van der Waals surface area contributed by atoms with Crippen molar-refractivity contribution in [2.75, 3.05) is 0 Å². The Hall–Kier alpha value is -1.76. The molecule has 0 radical (unpaired) electrons.